The third-order valence-electron chi connectivity index (χ3n) is 3.89. The summed E-state index contributed by atoms with van der Waals surface area (Å²) >= 11 is 0. The van der Waals surface area contributed by atoms with Gasteiger partial charge in [0.25, 0.3) is 0 Å². The van der Waals surface area contributed by atoms with Gasteiger partial charge in [-0.05, 0) is 32.3 Å². The lowest BCUT2D eigenvalue weighted by molar-refractivity contribution is -0.150. The van der Waals surface area contributed by atoms with Crippen LogP contribution in [0.5, 0.6) is 0 Å². The highest BCUT2D eigenvalue weighted by Crippen LogP contribution is 2.24. The van der Waals surface area contributed by atoms with Crippen molar-refractivity contribution < 1.29 is 9.53 Å². The van der Waals surface area contributed by atoms with E-state index in [1.165, 1.54) is 0 Å². The molecule has 112 valence electrons. The zero-order valence-electron chi connectivity index (χ0n) is 12.3. The molecule has 20 heavy (non-hydrogen) atoms. The highest BCUT2D eigenvalue weighted by Gasteiger charge is 2.30. The molecule has 1 atom stereocenters. The number of nitrogens with two attached hydrogens (primary N) is 1. The van der Waals surface area contributed by atoms with Crippen LogP contribution in [-0.4, -0.2) is 46.4 Å². The summed E-state index contributed by atoms with van der Waals surface area (Å²) in [5, 5.41) is 4.27. The fourth-order valence-corrected chi connectivity index (χ4v) is 2.83. The highest BCUT2D eigenvalue weighted by atomic mass is 16.5. The fraction of sp³-hybridized carbons (Fsp3) is 0.714. The lowest BCUT2D eigenvalue weighted by Crippen LogP contribution is -2.46. The number of carbonyl (C=O) groups excluding carboxylic acids is 1. The van der Waals surface area contributed by atoms with Gasteiger partial charge in [0.2, 0.25) is 0 Å². The van der Waals surface area contributed by atoms with Crippen molar-refractivity contribution in [3.8, 4) is 0 Å². The van der Waals surface area contributed by atoms with Gasteiger partial charge in [-0.15, -0.1) is 0 Å². The molecule has 0 radical (unpaired) electrons. The molecule has 2 N–H and O–H groups in total. The maximum absolute atomic E-state index is 11.9. The van der Waals surface area contributed by atoms with Crippen molar-refractivity contribution in [3.05, 3.63) is 12.3 Å². The molecule has 6 heteroatoms. The zero-order chi connectivity index (χ0) is 14.5. The van der Waals surface area contributed by atoms with Crippen molar-refractivity contribution >= 4 is 11.8 Å². The second kappa shape index (κ2) is 6.74. The van der Waals surface area contributed by atoms with Crippen LogP contribution in [-0.2, 0) is 9.53 Å². The van der Waals surface area contributed by atoms with Crippen LogP contribution in [0, 0.1) is 0 Å². The van der Waals surface area contributed by atoms with E-state index in [2.05, 4.69) is 10.00 Å². The van der Waals surface area contributed by atoms with Crippen LogP contribution in [0.3, 0.4) is 0 Å². The molecule has 0 aromatic carbocycles. The van der Waals surface area contributed by atoms with Gasteiger partial charge in [0.1, 0.15) is 11.9 Å². The first-order valence-electron chi connectivity index (χ1n) is 7.37. The number of carbonyl (C=O) groups is 1. The molecular weight excluding hydrogens is 256 g/mol. The number of piperidine rings is 1. The first-order valence-corrected chi connectivity index (χ1v) is 7.37. The Hall–Kier alpha value is -1.56. The van der Waals surface area contributed by atoms with Crippen LogP contribution in [0.25, 0.3) is 0 Å². The van der Waals surface area contributed by atoms with E-state index in [1.807, 2.05) is 30.8 Å². The number of nitrogen functional groups attached to an aromatic ring is 1. The van der Waals surface area contributed by atoms with Gasteiger partial charge in [-0.3, -0.25) is 14.4 Å². The molecular formula is C14H24N4O2. The number of esters is 1. The minimum atomic E-state index is -0.112. The van der Waals surface area contributed by atoms with Crippen molar-refractivity contribution in [1.82, 2.24) is 14.7 Å². The summed E-state index contributed by atoms with van der Waals surface area (Å²) in [7, 11) is 0. The van der Waals surface area contributed by atoms with Crippen LogP contribution < -0.4 is 5.73 Å². The number of likely N-dealkylation sites (tertiary alicyclic amines) is 1. The quantitative estimate of drug-likeness (QED) is 0.826. The summed E-state index contributed by atoms with van der Waals surface area (Å²) < 4.78 is 7.09. The van der Waals surface area contributed by atoms with E-state index in [0.29, 0.717) is 18.5 Å². The van der Waals surface area contributed by atoms with Crippen molar-refractivity contribution in [2.45, 2.75) is 45.2 Å². The number of aromatic nitrogens is 2. The van der Waals surface area contributed by atoms with E-state index in [9.17, 15) is 4.79 Å². The zero-order valence-corrected chi connectivity index (χ0v) is 12.3. The number of hydrogen-bond donors (Lipinski definition) is 1. The maximum Gasteiger partial charge on any atom is 0.323 e. The Bertz CT molecular complexity index is 438. The second-order valence-corrected chi connectivity index (χ2v) is 5.16. The van der Waals surface area contributed by atoms with Gasteiger partial charge in [0.15, 0.2) is 0 Å². The monoisotopic (exact) mass is 280 g/mol. The number of nitrogens with zero attached hydrogens (tertiary/aromatic N) is 3. The first kappa shape index (κ1) is 14.8. The van der Waals surface area contributed by atoms with Gasteiger partial charge in [0.05, 0.1) is 12.6 Å². The van der Waals surface area contributed by atoms with Crippen LogP contribution in [0.1, 0.15) is 39.2 Å². The van der Waals surface area contributed by atoms with Gasteiger partial charge >= 0.3 is 5.97 Å². The molecule has 0 bridgehead atoms. The number of hydrogen-bond acceptors (Lipinski definition) is 5. The Morgan fingerprint density at radius 2 is 2.20 bits per heavy atom. The fourth-order valence-electron chi connectivity index (χ4n) is 2.83. The van der Waals surface area contributed by atoms with Gasteiger partial charge < -0.3 is 10.5 Å². The summed E-state index contributed by atoms with van der Waals surface area (Å²) in [4.78, 5) is 14.2. The largest absolute Gasteiger partial charge is 0.465 e. The van der Waals surface area contributed by atoms with E-state index in [0.717, 1.165) is 32.4 Å². The van der Waals surface area contributed by atoms with E-state index < -0.39 is 0 Å². The van der Waals surface area contributed by atoms with E-state index in [4.69, 9.17) is 10.5 Å². The Morgan fingerprint density at radius 3 is 2.70 bits per heavy atom. The third kappa shape index (κ3) is 3.30. The van der Waals surface area contributed by atoms with Gasteiger partial charge in [0, 0.05) is 19.3 Å². The van der Waals surface area contributed by atoms with Crippen molar-refractivity contribution in [2.24, 2.45) is 0 Å². The van der Waals surface area contributed by atoms with Gasteiger partial charge in [-0.25, -0.2) is 0 Å². The molecule has 1 fully saturated rings. The standard InChI is InChI=1S/C14H24N4O2/c1-3-12(14(19)20-4-2)17-8-5-11(6-9-17)18-10-7-13(15)16-18/h7,10-12H,3-6,8-9H2,1-2H3,(H2,15,16). The number of rotatable bonds is 5. The Morgan fingerprint density at radius 1 is 1.50 bits per heavy atom. The molecule has 2 heterocycles. The molecule has 1 aromatic heterocycles. The van der Waals surface area contributed by atoms with E-state index in [-0.39, 0.29) is 12.0 Å². The van der Waals surface area contributed by atoms with E-state index >= 15 is 0 Å². The minimum absolute atomic E-state index is 0.100. The van der Waals surface area contributed by atoms with Crippen molar-refractivity contribution in [3.63, 3.8) is 0 Å². The number of anilines is 1. The molecule has 1 saturated heterocycles. The highest BCUT2D eigenvalue weighted by molar-refractivity contribution is 5.75. The second-order valence-electron chi connectivity index (χ2n) is 5.16. The lowest BCUT2D eigenvalue weighted by atomic mass is 10.0. The molecule has 0 spiro atoms. The molecule has 6 nitrogen and oxygen atoms in total. The SMILES string of the molecule is CCOC(=O)C(CC)N1CCC(n2ccc(N)n2)CC1. The minimum Gasteiger partial charge on any atom is -0.465 e. The maximum atomic E-state index is 11.9. The average Bonchev–Trinajstić information content (AvgIpc) is 2.87. The van der Waals surface area contributed by atoms with E-state index in [1.54, 1.807) is 0 Å². The molecule has 1 aliphatic heterocycles. The van der Waals surface area contributed by atoms with Crippen LogP contribution in [0.2, 0.25) is 0 Å². The smallest absolute Gasteiger partial charge is 0.323 e. The summed E-state index contributed by atoms with van der Waals surface area (Å²) in [6.45, 7) is 6.10. The normalized spacial score (nSPS) is 18.9. The Kier molecular flexibility index (Phi) is 5.00. The molecule has 1 aromatic rings. The third-order valence-corrected chi connectivity index (χ3v) is 3.89. The van der Waals surface area contributed by atoms with Crippen LogP contribution >= 0.6 is 0 Å². The molecule has 0 amide bonds. The van der Waals surface area contributed by atoms with Gasteiger partial charge in [-0.1, -0.05) is 6.92 Å². The molecule has 0 aliphatic carbocycles. The van der Waals surface area contributed by atoms with Crippen LogP contribution in [0.4, 0.5) is 5.82 Å². The topological polar surface area (TPSA) is 73.4 Å². The average molecular weight is 280 g/mol. The van der Waals surface area contributed by atoms with Crippen LogP contribution in [0.15, 0.2) is 12.3 Å². The Balaban J connectivity index is 1.91. The van der Waals surface area contributed by atoms with Crippen molar-refractivity contribution in [2.75, 3.05) is 25.4 Å². The summed E-state index contributed by atoms with van der Waals surface area (Å²) in [5.41, 5.74) is 5.65. The summed E-state index contributed by atoms with van der Waals surface area (Å²) in [5.74, 6) is 0.460. The van der Waals surface area contributed by atoms with Gasteiger partial charge in [-0.2, -0.15) is 5.10 Å². The predicted octanol–water partition coefficient (Wildman–Crippen LogP) is 1.44. The molecule has 1 aliphatic rings. The summed E-state index contributed by atoms with van der Waals surface area (Å²) in [6, 6.07) is 2.08. The predicted molar refractivity (Wildman–Crippen MR) is 77.2 cm³/mol. The number of ether oxygens (including phenoxy) is 1. The molecule has 0 saturated carbocycles. The lowest BCUT2D eigenvalue weighted by Gasteiger charge is -2.36. The van der Waals surface area contributed by atoms with Crippen molar-refractivity contribution in [1.29, 1.82) is 0 Å². The molecule has 1 unspecified atom stereocenters. The summed E-state index contributed by atoms with van der Waals surface area (Å²) in [6.07, 6.45) is 4.69. The Labute approximate surface area is 119 Å². The first-order chi connectivity index (χ1) is 9.65. The molecule has 2 rings (SSSR count).